The van der Waals surface area contributed by atoms with E-state index in [4.69, 9.17) is 11.5 Å². The summed E-state index contributed by atoms with van der Waals surface area (Å²) in [6.07, 6.45) is 3.85. The lowest BCUT2D eigenvalue weighted by Gasteiger charge is -2.39. The van der Waals surface area contributed by atoms with Gasteiger partial charge in [0, 0.05) is 13.1 Å². The molecule has 4 N–H and O–H groups in total. The fourth-order valence-electron chi connectivity index (χ4n) is 2.51. The van der Waals surface area contributed by atoms with Crippen molar-refractivity contribution in [3.05, 3.63) is 17.8 Å². The Hall–Kier alpha value is -1.78. The Kier molecular flexibility index (Phi) is 3.15. The molecule has 5 nitrogen and oxygen atoms in total. The smallest absolute Gasteiger partial charge is 0.252 e. The van der Waals surface area contributed by atoms with Gasteiger partial charge in [-0.05, 0) is 24.3 Å². The minimum Gasteiger partial charge on any atom is -0.397 e. The lowest BCUT2D eigenvalue weighted by atomic mass is 9.84. The minimum atomic E-state index is -0.479. The fraction of sp³-hybridized carbons (Fsp3) is 0.538. The van der Waals surface area contributed by atoms with Gasteiger partial charge in [-0.15, -0.1) is 0 Å². The van der Waals surface area contributed by atoms with Crippen LogP contribution in [0.5, 0.6) is 0 Å². The molecule has 2 heterocycles. The third-order valence-corrected chi connectivity index (χ3v) is 3.35. The number of piperidine rings is 1. The predicted octanol–water partition coefficient (Wildman–Crippen LogP) is 1.39. The summed E-state index contributed by atoms with van der Waals surface area (Å²) in [6, 6.07) is 1.60. The van der Waals surface area contributed by atoms with Crippen molar-refractivity contribution in [1.82, 2.24) is 4.98 Å². The van der Waals surface area contributed by atoms with Crippen molar-refractivity contribution in [1.29, 1.82) is 0 Å². The summed E-state index contributed by atoms with van der Waals surface area (Å²) in [4.78, 5) is 17.9. The Labute approximate surface area is 107 Å². The van der Waals surface area contributed by atoms with Crippen LogP contribution in [0.1, 0.15) is 37.0 Å². The third-order valence-electron chi connectivity index (χ3n) is 3.35. The predicted molar refractivity (Wildman–Crippen MR) is 72.4 cm³/mol. The zero-order chi connectivity index (χ0) is 13.3. The van der Waals surface area contributed by atoms with Crippen LogP contribution in [0, 0.1) is 5.41 Å². The molecular weight excluding hydrogens is 228 g/mol. The largest absolute Gasteiger partial charge is 0.397 e. The highest BCUT2D eigenvalue weighted by molar-refractivity contribution is 5.98. The Bertz CT molecular complexity index is 470. The van der Waals surface area contributed by atoms with E-state index in [0.29, 0.717) is 17.1 Å². The maximum absolute atomic E-state index is 11.5. The number of amides is 1. The molecule has 0 spiro atoms. The molecule has 1 aromatic rings. The van der Waals surface area contributed by atoms with Gasteiger partial charge in [0.1, 0.15) is 5.82 Å². The molecule has 1 aliphatic rings. The molecule has 2 rings (SSSR count). The zero-order valence-electron chi connectivity index (χ0n) is 10.9. The number of aromatic nitrogens is 1. The first-order valence-corrected chi connectivity index (χ1v) is 6.19. The van der Waals surface area contributed by atoms with Gasteiger partial charge in [0.05, 0.1) is 17.4 Å². The highest BCUT2D eigenvalue weighted by atomic mass is 16.1. The van der Waals surface area contributed by atoms with E-state index in [-0.39, 0.29) is 5.41 Å². The molecule has 0 atom stereocenters. The lowest BCUT2D eigenvalue weighted by Crippen LogP contribution is -2.41. The average Bonchev–Trinajstić information content (AvgIpc) is 2.27. The first-order chi connectivity index (χ1) is 8.39. The molecule has 1 fully saturated rings. The van der Waals surface area contributed by atoms with Crippen LogP contribution < -0.4 is 16.4 Å². The van der Waals surface area contributed by atoms with Crippen LogP contribution in [0.4, 0.5) is 11.5 Å². The van der Waals surface area contributed by atoms with Crippen LogP contribution in [-0.4, -0.2) is 24.0 Å². The summed E-state index contributed by atoms with van der Waals surface area (Å²) < 4.78 is 0. The molecule has 1 aliphatic heterocycles. The van der Waals surface area contributed by atoms with Gasteiger partial charge in [-0.3, -0.25) is 4.79 Å². The monoisotopic (exact) mass is 248 g/mol. The van der Waals surface area contributed by atoms with Crippen LogP contribution in [0.15, 0.2) is 12.3 Å². The van der Waals surface area contributed by atoms with Crippen molar-refractivity contribution in [2.75, 3.05) is 23.7 Å². The highest BCUT2D eigenvalue weighted by Gasteiger charge is 2.28. The second-order valence-corrected chi connectivity index (χ2v) is 5.69. The van der Waals surface area contributed by atoms with Gasteiger partial charge in [0.2, 0.25) is 0 Å². The Balaban J connectivity index is 2.35. The second kappa shape index (κ2) is 4.48. The van der Waals surface area contributed by atoms with E-state index in [9.17, 15) is 4.79 Å². The Morgan fingerprint density at radius 3 is 2.83 bits per heavy atom. The third kappa shape index (κ3) is 2.55. The number of nitrogens with zero attached hydrogens (tertiary/aromatic N) is 2. The molecule has 0 unspecified atom stereocenters. The molecule has 5 heteroatoms. The van der Waals surface area contributed by atoms with Crippen molar-refractivity contribution in [2.45, 2.75) is 26.7 Å². The Morgan fingerprint density at radius 1 is 1.50 bits per heavy atom. The van der Waals surface area contributed by atoms with Crippen LogP contribution in [0.25, 0.3) is 0 Å². The van der Waals surface area contributed by atoms with Crippen molar-refractivity contribution in [2.24, 2.45) is 11.1 Å². The van der Waals surface area contributed by atoms with Crippen molar-refractivity contribution in [3.63, 3.8) is 0 Å². The van der Waals surface area contributed by atoms with E-state index < -0.39 is 5.91 Å². The maximum Gasteiger partial charge on any atom is 0.252 e. The van der Waals surface area contributed by atoms with E-state index >= 15 is 0 Å². The topological polar surface area (TPSA) is 85.2 Å². The second-order valence-electron chi connectivity index (χ2n) is 5.69. The van der Waals surface area contributed by atoms with E-state index in [1.165, 1.54) is 6.42 Å². The summed E-state index contributed by atoms with van der Waals surface area (Å²) in [7, 11) is 0. The molecule has 18 heavy (non-hydrogen) atoms. The first-order valence-electron chi connectivity index (χ1n) is 6.19. The molecule has 98 valence electrons. The first kappa shape index (κ1) is 12.7. The van der Waals surface area contributed by atoms with Crippen LogP contribution in [0.2, 0.25) is 0 Å². The molecule has 0 aromatic carbocycles. The van der Waals surface area contributed by atoms with E-state index in [0.717, 1.165) is 19.5 Å². The zero-order valence-corrected chi connectivity index (χ0v) is 10.9. The van der Waals surface area contributed by atoms with Gasteiger partial charge in [0.25, 0.3) is 5.91 Å². The number of nitrogens with two attached hydrogens (primary N) is 2. The summed E-state index contributed by atoms with van der Waals surface area (Å²) in [5, 5.41) is 0. The number of carbonyl (C=O) groups excluding carboxylic acids is 1. The molecule has 1 amide bonds. The van der Waals surface area contributed by atoms with Crippen molar-refractivity contribution in [3.8, 4) is 0 Å². The molecule has 1 aromatic heterocycles. The normalized spacial score (nSPS) is 18.7. The number of nitrogen functional groups attached to an aromatic ring is 1. The summed E-state index contributed by atoms with van der Waals surface area (Å²) >= 11 is 0. The molecule has 0 radical (unpaired) electrons. The summed E-state index contributed by atoms with van der Waals surface area (Å²) in [5.74, 6) is 0.178. The van der Waals surface area contributed by atoms with Gasteiger partial charge in [0.15, 0.2) is 0 Å². The van der Waals surface area contributed by atoms with Gasteiger partial charge in [-0.25, -0.2) is 4.98 Å². The SMILES string of the molecule is CC1(C)CCCN(c2ncc(N)cc2C(N)=O)C1. The standard InChI is InChI=1S/C13H20N4O/c1-13(2)4-3-5-17(8-13)12-10(11(15)18)6-9(14)7-16-12/h6-7H,3-5,8,14H2,1-2H3,(H2,15,18). The summed E-state index contributed by atoms with van der Waals surface area (Å²) in [5.41, 5.74) is 12.2. The number of anilines is 2. The minimum absolute atomic E-state index is 0.232. The van der Waals surface area contributed by atoms with Crippen LogP contribution in [-0.2, 0) is 0 Å². The number of rotatable bonds is 2. The van der Waals surface area contributed by atoms with Crippen LogP contribution >= 0.6 is 0 Å². The van der Waals surface area contributed by atoms with Gasteiger partial charge < -0.3 is 16.4 Å². The van der Waals surface area contributed by atoms with Gasteiger partial charge >= 0.3 is 0 Å². The number of hydrogen-bond acceptors (Lipinski definition) is 4. The molecule has 0 saturated carbocycles. The molecule has 0 bridgehead atoms. The molecular formula is C13H20N4O. The Morgan fingerprint density at radius 2 is 2.22 bits per heavy atom. The van der Waals surface area contributed by atoms with Crippen LogP contribution in [0.3, 0.4) is 0 Å². The van der Waals surface area contributed by atoms with Gasteiger partial charge in [-0.2, -0.15) is 0 Å². The summed E-state index contributed by atoms with van der Waals surface area (Å²) in [6.45, 7) is 6.23. The average molecular weight is 248 g/mol. The van der Waals surface area contributed by atoms with E-state index in [1.807, 2.05) is 0 Å². The number of carbonyl (C=O) groups is 1. The maximum atomic E-state index is 11.5. The number of primary amides is 1. The highest BCUT2D eigenvalue weighted by Crippen LogP contribution is 2.32. The van der Waals surface area contributed by atoms with E-state index in [1.54, 1.807) is 12.3 Å². The van der Waals surface area contributed by atoms with Crippen molar-refractivity contribution < 1.29 is 4.79 Å². The fourth-order valence-corrected chi connectivity index (χ4v) is 2.51. The number of pyridine rings is 1. The van der Waals surface area contributed by atoms with Crippen molar-refractivity contribution >= 4 is 17.4 Å². The molecule has 1 saturated heterocycles. The number of hydrogen-bond donors (Lipinski definition) is 2. The quantitative estimate of drug-likeness (QED) is 0.828. The molecule has 0 aliphatic carbocycles. The lowest BCUT2D eigenvalue weighted by molar-refractivity contribution is 0.1000. The van der Waals surface area contributed by atoms with Gasteiger partial charge in [-0.1, -0.05) is 13.8 Å². The van der Waals surface area contributed by atoms with E-state index in [2.05, 4.69) is 23.7 Å².